The summed E-state index contributed by atoms with van der Waals surface area (Å²) in [5.74, 6) is -0.0987. The Morgan fingerprint density at radius 1 is 1.11 bits per heavy atom. The SMILES string of the molecule is Cc1nc(-c2ccc(CCNC(=O)Cc3ccc([N+](=O)[O-])cc3)cc2)cs1. The molecule has 0 unspecified atom stereocenters. The number of aromatic nitrogens is 1. The quantitative estimate of drug-likeness (QED) is 0.496. The second-order valence-electron chi connectivity index (χ2n) is 6.15. The van der Waals surface area contributed by atoms with Crippen LogP contribution in [0.2, 0.25) is 0 Å². The fourth-order valence-corrected chi connectivity index (χ4v) is 3.29. The summed E-state index contributed by atoms with van der Waals surface area (Å²) in [6.07, 6.45) is 0.947. The van der Waals surface area contributed by atoms with Crippen molar-refractivity contribution in [3.05, 3.63) is 80.2 Å². The van der Waals surface area contributed by atoms with E-state index in [0.717, 1.165) is 33.8 Å². The van der Waals surface area contributed by atoms with E-state index in [1.165, 1.54) is 12.1 Å². The number of non-ortho nitro benzene ring substituents is 1. The van der Waals surface area contributed by atoms with Crippen LogP contribution in [0, 0.1) is 17.0 Å². The Morgan fingerprint density at radius 3 is 2.37 bits per heavy atom. The van der Waals surface area contributed by atoms with Crippen LogP contribution in [0.5, 0.6) is 0 Å². The maximum atomic E-state index is 12.0. The Kier molecular flexibility index (Phi) is 5.93. The van der Waals surface area contributed by atoms with Gasteiger partial charge in [0.05, 0.1) is 22.0 Å². The average Bonchev–Trinajstić information content (AvgIpc) is 3.09. The molecule has 1 aromatic heterocycles. The summed E-state index contributed by atoms with van der Waals surface area (Å²) in [5.41, 5.74) is 3.99. The molecule has 0 aliphatic heterocycles. The second-order valence-corrected chi connectivity index (χ2v) is 7.21. The molecule has 0 aliphatic carbocycles. The van der Waals surface area contributed by atoms with Crippen molar-refractivity contribution in [1.29, 1.82) is 0 Å². The molecule has 0 saturated heterocycles. The molecule has 1 amide bonds. The lowest BCUT2D eigenvalue weighted by atomic mass is 10.1. The molecule has 2 aromatic carbocycles. The summed E-state index contributed by atoms with van der Waals surface area (Å²) in [7, 11) is 0. The van der Waals surface area contributed by atoms with Crippen molar-refractivity contribution in [2.24, 2.45) is 0 Å². The number of nitrogens with zero attached hydrogens (tertiary/aromatic N) is 2. The Morgan fingerprint density at radius 2 is 1.78 bits per heavy atom. The number of hydrogen-bond acceptors (Lipinski definition) is 5. The molecule has 6 nitrogen and oxygen atoms in total. The molecule has 0 radical (unpaired) electrons. The number of hydrogen-bond donors (Lipinski definition) is 1. The molecule has 138 valence electrons. The smallest absolute Gasteiger partial charge is 0.269 e. The van der Waals surface area contributed by atoms with E-state index < -0.39 is 4.92 Å². The highest BCUT2D eigenvalue weighted by molar-refractivity contribution is 7.09. The fraction of sp³-hybridized carbons (Fsp3) is 0.200. The van der Waals surface area contributed by atoms with Gasteiger partial charge in [0.25, 0.3) is 5.69 Å². The Labute approximate surface area is 161 Å². The van der Waals surface area contributed by atoms with Crippen LogP contribution >= 0.6 is 11.3 Å². The normalized spacial score (nSPS) is 10.6. The Balaban J connectivity index is 1.46. The molecule has 0 aliphatic rings. The molecule has 0 bridgehead atoms. The van der Waals surface area contributed by atoms with Crippen molar-refractivity contribution in [2.45, 2.75) is 19.8 Å². The minimum atomic E-state index is -0.454. The third-order valence-corrected chi connectivity index (χ3v) is 4.89. The highest BCUT2D eigenvalue weighted by Crippen LogP contribution is 2.21. The maximum absolute atomic E-state index is 12.0. The van der Waals surface area contributed by atoms with Gasteiger partial charge in [0.2, 0.25) is 5.91 Å². The van der Waals surface area contributed by atoms with Gasteiger partial charge < -0.3 is 5.32 Å². The highest BCUT2D eigenvalue weighted by atomic mass is 32.1. The van der Waals surface area contributed by atoms with Crippen LogP contribution in [0.3, 0.4) is 0 Å². The first-order chi connectivity index (χ1) is 13.0. The van der Waals surface area contributed by atoms with Crippen LogP contribution in [0.4, 0.5) is 5.69 Å². The standard InChI is InChI=1S/C20H19N3O3S/c1-14-22-19(13-27-14)17-6-2-15(3-7-17)10-11-21-20(24)12-16-4-8-18(9-5-16)23(25)26/h2-9,13H,10-12H2,1H3,(H,21,24). The molecule has 7 heteroatoms. The number of carbonyl (C=O) groups is 1. The van der Waals surface area contributed by atoms with Gasteiger partial charge in [-0.2, -0.15) is 0 Å². The van der Waals surface area contributed by atoms with E-state index >= 15 is 0 Å². The lowest BCUT2D eigenvalue weighted by molar-refractivity contribution is -0.384. The van der Waals surface area contributed by atoms with Gasteiger partial charge >= 0.3 is 0 Å². The van der Waals surface area contributed by atoms with Crippen LogP contribution < -0.4 is 5.32 Å². The molecule has 27 heavy (non-hydrogen) atoms. The van der Waals surface area contributed by atoms with E-state index in [4.69, 9.17) is 0 Å². The van der Waals surface area contributed by atoms with Gasteiger partial charge in [0, 0.05) is 29.6 Å². The molecular formula is C20H19N3O3S. The molecule has 0 fully saturated rings. The van der Waals surface area contributed by atoms with E-state index in [-0.39, 0.29) is 18.0 Å². The summed E-state index contributed by atoms with van der Waals surface area (Å²) >= 11 is 1.63. The van der Waals surface area contributed by atoms with Crippen LogP contribution in [-0.2, 0) is 17.6 Å². The number of nitro groups is 1. The average molecular weight is 381 g/mol. The first-order valence-electron chi connectivity index (χ1n) is 8.53. The number of carbonyl (C=O) groups excluding carboxylic acids is 1. The fourth-order valence-electron chi connectivity index (χ4n) is 2.67. The molecule has 0 saturated carbocycles. The van der Waals surface area contributed by atoms with Gasteiger partial charge in [-0.05, 0) is 24.5 Å². The zero-order valence-electron chi connectivity index (χ0n) is 14.8. The second kappa shape index (κ2) is 8.55. The topological polar surface area (TPSA) is 85.1 Å². The lowest BCUT2D eigenvalue weighted by Gasteiger charge is -2.06. The van der Waals surface area contributed by atoms with E-state index in [9.17, 15) is 14.9 Å². The van der Waals surface area contributed by atoms with E-state index in [1.807, 2.05) is 36.6 Å². The number of nitro benzene ring substituents is 1. The molecule has 3 aromatic rings. The third kappa shape index (κ3) is 5.21. The summed E-state index contributed by atoms with van der Waals surface area (Å²) in [6, 6.07) is 14.2. The van der Waals surface area contributed by atoms with E-state index in [0.29, 0.717) is 6.54 Å². The summed E-state index contributed by atoms with van der Waals surface area (Å²) in [5, 5.41) is 16.6. The Hall–Kier alpha value is -3.06. The lowest BCUT2D eigenvalue weighted by Crippen LogP contribution is -2.27. The Bertz CT molecular complexity index is 934. The maximum Gasteiger partial charge on any atom is 0.269 e. The van der Waals surface area contributed by atoms with E-state index in [1.54, 1.807) is 23.5 Å². The molecule has 0 spiro atoms. The monoisotopic (exact) mass is 381 g/mol. The van der Waals surface area contributed by atoms with Crippen LogP contribution in [0.1, 0.15) is 16.1 Å². The number of aryl methyl sites for hydroxylation is 1. The number of rotatable bonds is 7. The van der Waals surface area contributed by atoms with Crippen molar-refractivity contribution in [3.8, 4) is 11.3 Å². The molecule has 1 heterocycles. The number of amides is 1. The largest absolute Gasteiger partial charge is 0.355 e. The summed E-state index contributed by atoms with van der Waals surface area (Å²) < 4.78 is 0. The minimum absolute atomic E-state index is 0.0235. The van der Waals surface area contributed by atoms with Gasteiger partial charge in [-0.3, -0.25) is 14.9 Å². The van der Waals surface area contributed by atoms with Crippen LogP contribution in [-0.4, -0.2) is 22.4 Å². The van der Waals surface area contributed by atoms with Crippen LogP contribution in [0.15, 0.2) is 53.9 Å². The molecule has 1 N–H and O–H groups in total. The van der Waals surface area contributed by atoms with Crippen molar-refractivity contribution < 1.29 is 9.72 Å². The summed E-state index contributed by atoms with van der Waals surface area (Å²) in [4.78, 5) is 26.7. The van der Waals surface area contributed by atoms with Crippen molar-refractivity contribution in [2.75, 3.05) is 6.54 Å². The molecule has 0 atom stereocenters. The van der Waals surface area contributed by atoms with Crippen LogP contribution in [0.25, 0.3) is 11.3 Å². The van der Waals surface area contributed by atoms with Gasteiger partial charge in [0.1, 0.15) is 0 Å². The predicted octanol–water partition coefficient (Wildman–Crippen LogP) is 3.93. The first-order valence-corrected chi connectivity index (χ1v) is 9.41. The number of thiazole rings is 1. The zero-order valence-corrected chi connectivity index (χ0v) is 15.7. The third-order valence-electron chi connectivity index (χ3n) is 4.12. The van der Waals surface area contributed by atoms with Crippen molar-refractivity contribution in [1.82, 2.24) is 10.3 Å². The number of benzene rings is 2. The first kappa shape index (κ1) is 18.7. The molecular weight excluding hydrogens is 362 g/mol. The van der Waals surface area contributed by atoms with E-state index in [2.05, 4.69) is 10.3 Å². The van der Waals surface area contributed by atoms with Gasteiger partial charge in [-0.1, -0.05) is 36.4 Å². The zero-order chi connectivity index (χ0) is 19.2. The van der Waals surface area contributed by atoms with Gasteiger partial charge in [-0.15, -0.1) is 11.3 Å². The van der Waals surface area contributed by atoms with Crippen molar-refractivity contribution in [3.63, 3.8) is 0 Å². The number of nitrogens with one attached hydrogen (secondary N) is 1. The summed E-state index contributed by atoms with van der Waals surface area (Å²) in [6.45, 7) is 2.53. The van der Waals surface area contributed by atoms with Gasteiger partial charge in [0.15, 0.2) is 0 Å². The highest BCUT2D eigenvalue weighted by Gasteiger charge is 2.07. The van der Waals surface area contributed by atoms with Crippen molar-refractivity contribution >= 4 is 22.9 Å². The predicted molar refractivity (Wildman–Crippen MR) is 106 cm³/mol. The van der Waals surface area contributed by atoms with Gasteiger partial charge in [-0.25, -0.2) is 4.98 Å². The molecule has 3 rings (SSSR count). The minimum Gasteiger partial charge on any atom is -0.355 e.